The van der Waals surface area contributed by atoms with Gasteiger partial charge in [-0.05, 0) is 48.1 Å². The number of nitrogen functional groups attached to an aromatic ring is 1. The first-order valence-electron chi connectivity index (χ1n) is 6.51. The van der Waals surface area contributed by atoms with E-state index in [1.807, 2.05) is 18.2 Å². The second-order valence-electron chi connectivity index (χ2n) is 4.90. The molecule has 0 fully saturated rings. The zero-order chi connectivity index (χ0) is 13.2. The summed E-state index contributed by atoms with van der Waals surface area (Å²) in [6, 6.07) is 12.5. The van der Waals surface area contributed by atoms with E-state index in [0.29, 0.717) is 0 Å². The number of anilines is 1. The van der Waals surface area contributed by atoms with Gasteiger partial charge in [-0.3, -0.25) is 0 Å². The van der Waals surface area contributed by atoms with Crippen LogP contribution < -0.4 is 5.73 Å². The molecule has 0 heterocycles. The van der Waals surface area contributed by atoms with Gasteiger partial charge in [0.25, 0.3) is 0 Å². The van der Waals surface area contributed by atoms with Crippen LogP contribution in [-0.4, -0.2) is 0 Å². The molecule has 0 atom stereocenters. The molecule has 98 valence electrons. The molecule has 0 amide bonds. The lowest BCUT2D eigenvalue weighted by Crippen LogP contribution is -1.91. The Bertz CT molecular complexity index is 589. The maximum absolute atomic E-state index is 6.19. The van der Waals surface area contributed by atoms with E-state index in [1.54, 1.807) is 11.8 Å². The van der Waals surface area contributed by atoms with E-state index in [4.69, 9.17) is 17.3 Å². The van der Waals surface area contributed by atoms with Gasteiger partial charge in [-0.25, -0.2) is 0 Å². The topological polar surface area (TPSA) is 26.0 Å². The molecule has 2 aromatic carbocycles. The van der Waals surface area contributed by atoms with Gasteiger partial charge < -0.3 is 5.73 Å². The lowest BCUT2D eigenvalue weighted by Gasteiger charge is -2.08. The average molecular weight is 290 g/mol. The molecule has 0 aliphatic heterocycles. The first kappa shape index (κ1) is 12.9. The van der Waals surface area contributed by atoms with Gasteiger partial charge in [0.1, 0.15) is 0 Å². The number of aryl methyl sites for hydroxylation is 2. The highest BCUT2D eigenvalue weighted by atomic mass is 35.5. The zero-order valence-electron chi connectivity index (χ0n) is 10.7. The Kier molecular flexibility index (Phi) is 3.72. The number of hydrogen-bond acceptors (Lipinski definition) is 2. The highest BCUT2D eigenvalue weighted by Crippen LogP contribution is 2.35. The number of thioether (sulfide) groups is 1. The van der Waals surface area contributed by atoms with E-state index in [0.717, 1.165) is 21.4 Å². The molecule has 19 heavy (non-hydrogen) atoms. The van der Waals surface area contributed by atoms with Crippen LogP contribution in [0.3, 0.4) is 0 Å². The Labute approximate surface area is 123 Å². The number of fused-ring (bicyclic) bond motifs is 1. The van der Waals surface area contributed by atoms with Crippen LogP contribution in [0.4, 0.5) is 5.69 Å². The summed E-state index contributed by atoms with van der Waals surface area (Å²) >= 11 is 7.90. The van der Waals surface area contributed by atoms with Crippen molar-refractivity contribution >= 4 is 29.1 Å². The van der Waals surface area contributed by atoms with Crippen molar-refractivity contribution in [3.63, 3.8) is 0 Å². The van der Waals surface area contributed by atoms with Gasteiger partial charge in [-0.2, -0.15) is 0 Å². The van der Waals surface area contributed by atoms with Crippen molar-refractivity contribution in [2.24, 2.45) is 0 Å². The van der Waals surface area contributed by atoms with E-state index in [2.05, 4.69) is 18.2 Å². The van der Waals surface area contributed by atoms with Crippen molar-refractivity contribution in [2.45, 2.75) is 29.9 Å². The van der Waals surface area contributed by atoms with Gasteiger partial charge in [0.15, 0.2) is 0 Å². The van der Waals surface area contributed by atoms with Crippen molar-refractivity contribution in [1.82, 2.24) is 0 Å². The van der Waals surface area contributed by atoms with Gasteiger partial charge in [-0.1, -0.05) is 35.9 Å². The third kappa shape index (κ3) is 2.75. The summed E-state index contributed by atoms with van der Waals surface area (Å²) in [5, 5.41) is 0.742. The molecule has 0 radical (unpaired) electrons. The fourth-order valence-electron chi connectivity index (χ4n) is 2.55. The Balaban J connectivity index is 1.76. The summed E-state index contributed by atoms with van der Waals surface area (Å²) in [7, 11) is 0. The Morgan fingerprint density at radius 1 is 1.11 bits per heavy atom. The molecule has 0 aromatic heterocycles. The average Bonchev–Trinajstić information content (AvgIpc) is 2.85. The molecule has 2 aromatic rings. The second-order valence-corrected chi connectivity index (χ2v) is 6.30. The maximum Gasteiger partial charge on any atom is 0.0562 e. The van der Waals surface area contributed by atoms with E-state index < -0.39 is 0 Å². The predicted molar refractivity (Wildman–Crippen MR) is 83.9 cm³/mol. The second kappa shape index (κ2) is 5.48. The molecular formula is C16H16ClNS. The summed E-state index contributed by atoms with van der Waals surface area (Å²) < 4.78 is 0. The van der Waals surface area contributed by atoms with Crippen LogP contribution >= 0.6 is 23.4 Å². The number of nitrogens with two attached hydrogens (primary N) is 1. The molecule has 1 aliphatic carbocycles. The first-order valence-corrected chi connectivity index (χ1v) is 7.88. The highest BCUT2D eigenvalue weighted by molar-refractivity contribution is 7.98. The molecule has 0 bridgehead atoms. The third-order valence-corrected chi connectivity index (χ3v) is 5.19. The fourth-order valence-corrected chi connectivity index (χ4v) is 3.82. The normalized spacial score (nSPS) is 13.5. The van der Waals surface area contributed by atoms with Crippen LogP contribution in [0.1, 0.15) is 23.1 Å². The van der Waals surface area contributed by atoms with Crippen molar-refractivity contribution in [3.05, 3.63) is 58.1 Å². The van der Waals surface area contributed by atoms with E-state index >= 15 is 0 Å². The number of hydrogen-bond donors (Lipinski definition) is 1. The van der Waals surface area contributed by atoms with Gasteiger partial charge in [-0.15, -0.1) is 11.8 Å². The molecule has 3 rings (SSSR count). The monoisotopic (exact) mass is 289 g/mol. The summed E-state index contributed by atoms with van der Waals surface area (Å²) in [5.74, 6) is 0.918. The van der Waals surface area contributed by atoms with E-state index in [-0.39, 0.29) is 0 Å². The first-order chi connectivity index (χ1) is 9.24. The molecule has 0 spiro atoms. The molecular weight excluding hydrogens is 274 g/mol. The van der Waals surface area contributed by atoms with Crippen LogP contribution in [0.2, 0.25) is 5.02 Å². The Morgan fingerprint density at radius 3 is 2.79 bits per heavy atom. The molecule has 3 heteroatoms. The number of rotatable bonds is 3. The van der Waals surface area contributed by atoms with Crippen molar-refractivity contribution in [2.75, 3.05) is 5.73 Å². The van der Waals surface area contributed by atoms with Crippen LogP contribution in [-0.2, 0) is 18.6 Å². The van der Waals surface area contributed by atoms with Crippen molar-refractivity contribution < 1.29 is 0 Å². The van der Waals surface area contributed by atoms with Gasteiger partial charge in [0.05, 0.1) is 5.02 Å². The molecule has 1 aliphatic rings. The zero-order valence-corrected chi connectivity index (χ0v) is 12.2. The Morgan fingerprint density at radius 2 is 1.95 bits per heavy atom. The minimum absolute atomic E-state index is 0.742. The smallest absolute Gasteiger partial charge is 0.0562 e. The fraction of sp³-hybridized carbons (Fsp3) is 0.250. The summed E-state index contributed by atoms with van der Waals surface area (Å²) in [6.07, 6.45) is 3.76. The minimum atomic E-state index is 0.742. The number of halogens is 1. The maximum atomic E-state index is 6.19. The van der Waals surface area contributed by atoms with Crippen molar-refractivity contribution in [1.29, 1.82) is 0 Å². The molecule has 2 N–H and O–H groups in total. The van der Waals surface area contributed by atoms with E-state index in [9.17, 15) is 0 Å². The molecule has 1 nitrogen and oxygen atoms in total. The third-order valence-electron chi connectivity index (χ3n) is 3.54. The lowest BCUT2D eigenvalue weighted by atomic mass is 10.1. The molecule has 0 saturated carbocycles. The van der Waals surface area contributed by atoms with E-state index in [1.165, 1.54) is 36.0 Å². The lowest BCUT2D eigenvalue weighted by molar-refractivity contribution is 0.911. The summed E-state index contributed by atoms with van der Waals surface area (Å²) in [5.41, 5.74) is 11.1. The minimum Gasteiger partial charge on any atom is -0.398 e. The molecule has 0 unspecified atom stereocenters. The molecule has 0 saturated heterocycles. The largest absolute Gasteiger partial charge is 0.398 e. The van der Waals surface area contributed by atoms with Crippen molar-refractivity contribution in [3.8, 4) is 0 Å². The standard InChI is InChI=1S/C16H16ClNS/c17-14-5-2-6-15(18)16(14)19-10-11-7-8-12-3-1-4-13(12)9-11/h2,5-9H,1,3-4,10,18H2. The van der Waals surface area contributed by atoms with Crippen LogP contribution in [0.25, 0.3) is 0 Å². The van der Waals surface area contributed by atoms with Crippen LogP contribution in [0, 0.1) is 0 Å². The summed E-state index contributed by atoms with van der Waals surface area (Å²) in [6.45, 7) is 0. The number of benzene rings is 2. The van der Waals surface area contributed by atoms with Gasteiger partial charge in [0.2, 0.25) is 0 Å². The highest BCUT2D eigenvalue weighted by Gasteiger charge is 2.11. The Hall–Kier alpha value is -1.12. The van der Waals surface area contributed by atoms with Crippen LogP contribution in [0.5, 0.6) is 0 Å². The van der Waals surface area contributed by atoms with Gasteiger partial charge in [0, 0.05) is 16.3 Å². The summed E-state index contributed by atoms with van der Waals surface area (Å²) in [4.78, 5) is 0.990. The SMILES string of the molecule is Nc1cccc(Cl)c1SCc1ccc2c(c1)CCC2. The quantitative estimate of drug-likeness (QED) is 0.654. The van der Waals surface area contributed by atoms with Crippen LogP contribution in [0.15, 0.2) is 41.3 Å². The van der Waals surface area contributed by atoms with Gasteiger partial charge >= 0.3 is 0 Å². The predicted octanol–water partition coefficient (Wildman–Crippen LogP) is 4.70.